The summed E-state index contributed by atoms with van der Waals surface area (Å²) < 4.78 is 5.36. The average Bonchev–Trinajstić information content (AvgIpc) is 2.76. The molecule has 0 saturated carbocycles. The van der Waals surface area contributed by atoms with Crippen molar-refractivity contribution in [2.45, 2.75) is 26.7 Å². The minimum atomic E-state index is -0.0888. The van der Waals surface area contributed by atoms with Crippen LogP contribution in [0.1, 0.15) is 24.1 Å². The maximum absolute atomic E-state index is 12.3. The molecular formula is C14H18N4O2. The number of aromatic amines is 1. The fourth-order valence-corrected chi connectivity index (χ4v) is 2.56. The number of anilines is 1. The first-order valence-electron chi connectivity index (χ1n) is 6.85. The van der Waals surface area contributed by atoms with Gasteiger partial charge in [-0.1, -0.05) is 0 Å². The molecule has 6 heteroatoms. The molecule has 0 spiro atoms. The van der Waals surface area contributed by atoms with Gasteiger partial charge >= 0.3 is 0 Å². The zero-order valence-corrected chi connectivity index (χ0v) is 11.7. The lowest BCUT2D eigenvalue weighted by atomic mass is 10.0. The van der Waals surface area contributed by atoms with Gasteiger partial charge in [0, 0.05) is 12.3 Å². The molecule has 0 bridgehead atoms. The van der Waals surface area contributed by atoms with E-state index < -0.39 is 0 Å². The molecule has 1 atom stereocenters. The van der Waals surface area contributed by atoms with Crippen molar-refractivity contribution in [3.63, 3.8) is 0 Å². The molecule has 1 fully saturated rings. The summed E-state index contributed by atoms with van der Waals surface area (Å²) in [7, 11) is 0. The van der Waals surface area contributed by atoms with Crippen molar-refractivity contribution in [2.24, 2.45) is 5.92 Å². The number of ether oxygens (including phenoxy) is 1. The number of hydrogen-bond acceptors (Lipinski definition) is 4. The quantitative estimate of drug-likeness (QED) is 0.877. The predicted octanol–water partition coefficient (Wildman–Crippen LogP) is 1.94. The van der Waals surface area contributed by atoms with Gasteiger partial charge in [0.25, 0.3) is 0 Å². The number of carbonyl (C=O) groups is 1. The van der Waals surface area contributed by atoms with E-state index in [1.807, 2.05) is 13.8 Å². The Labute approximate surface area is 117 Å². The Balaban J connectivity index is 1.88. The molecule has 1 amide bonds. The van der Waals surface area contributed by atoms with Gasteiger partial charge in [0.1, 0.15) is 17.8 Å². The fourth-order valence-electron chi connectivity index (χ4n) is 2.56. The maximum Gasteiger partial charge on any atom is 0.230 e. The third-order valence-corrected chi connectivity index (χ3v) is 3.86. The number of hydrogen-bond donors (Lipinski definition) is 2. The largest absolute Gasteiger partial charge is 0.381 e. The number of nitrogens with zero attached hydrogens (tertiary/aromatic N) is 2. The van der Waals surface area contributed by atoms with Crippen LogP contribution < -0.4 is 5.32 Å². The van der Waals surface area contributed by atoms with E-state index in [4.69, 9.17) is 4.74 Å². The van der Waals surface area contributed by atoms with Crippen LogP contribution in [-0.2, 0) is 9.53 Å². The SMILES string of the molecule is Cc1[nH]c2ncnc(NC(=O)[C@@H]3CCCOC3)c2c1C. The highest BCUT2D eigenvalue weighted by atomic mass is 16.5. The molecule has 0 radical (unpaired) electrons. The summed E-state index contributed by atoms with van der Waals surface area (Å²) in [5, 5.41) is 3.80. The summed E-state index contributed by atoms with van der Waals surface area (Å²) in [5.74, 6) is 0.462. The van der Waals surface area contributed by atoms with Crippen LogP contribution in [0.3, 0.4) is 0 Å². The van der Waals surface area contributed by atoms with Crippen LogP contribution >= 0.6 is 0 Å². The van der Waals surface area contributed by atoms with E-state index in [9.17, 15) is 4.79 Å². The van der Waals surface area contributed by atoms with Crippen LogP contribution in [-0.4, -0.2) is 34.1 Å². The van der Waals surface area contributed by atoms with Crippen molar-refractivity contribution in [1.82, 2.24) is 15.0 Å². The summed E-state index contributed by atoms with van der Waals surface area (Å²) >= 11 is 0. The molecule has 2 aromatic heterocycles. The van der Waals surface area contributed by atoms with Crippen molar-refractivity contribution < 1.29 is 9.53 Å². The summed E-state index contributed by atoms with van der Waals surface area (Å²) in [6.07, 6.45) is 3.26. The maximum atomic E-state index is 12.3. The second-order valence-electron chi connectivity index (χ2n) is 5.22. The van der Waals surface area contributed by atoms with Gasteiger partial charge < -0.3 is 15.0 Å². The Morgan fingerprint density at radius 3 is 3.05 bits per heavy atom. The van der Waals surface area contributed by atoms with Crippen LogP contribution in [0.25, 0.3) is 11.0 Å². The molecule has 3 rings (SSSR count). The van der Waals surface area contributed by atoms with Gasteiger partial charge in [0.15, 0.2) is 0 Å². The summed E-state index contributed by atoms with van der Waals surface area (Å²) in [6.45, 7) is 5.22. The number of H-pyrrole nitrogens is 1. The number of carbonyl (C=O) groups excluding carboxylic acids is 1. The number of rotatable bonds is 2. The molecule has 0 aliphatic carbocycles. The Bertz CT molecular complexity index is 644. The van der Waals surface area contributed by atoms with Crippen molar-refractivity contribution >= 4 is 22.8 Å². The lowest BCUT2D eigenvalue weighted by Crippen LogP contribution is -2.30. The van der Waals surface area contributed by atoms with E-state index in [1.165, 1.54) is 6.33 Å². The molecule has 106 valence electrons. The van der Waals surface area contributed by atoms with Gasteiger partial charge in [-0.15, -0.1) is 0 Å². The van der Waals surface area contributed by atoms with Crippen LogP contribution in [0.4, 0.5) is 5.82 Å². The standard InChI is InChI=1S/C14H18N4O2/c1-8-9(2)17-12-11(8)13(16-7-15-12)18-14(19)10-4-3-5-20-6-10/h7,10H,3-6H2,1-2H3,(H2,15,16,17,18,19)/t10-/m1/s1. The van der Waals surface area contributed by atoms with E-state index in [1.54, 1.807) is 0 Å². The van der Waals surface area contributed by atoms with E-state index in [-0.39, 0.29) is 11.8 Å². The van der Waals surface area contributed by atoms with E-state index >= 15 is 0 Å². The van der Waals surface area contributed by atoms with Crippen molar-refractivity contribution in [3.8, 4) is 0 Å². The number of fused-ring (bicyclic) bond motifs is 1. The van der Waals surface area contributed by atoms with Gasteiger partial charge in [0.05, 0.1) is 17.9 Å². The topological polar surface area (TPSA) is 79.9 Å². The predicted molar refractivity (Wildman–Crippen MR) is 75.5 cm³/mol. The van der Waals surface area contributed by atoms with Gasteiger partial charge in [-0.05, 0) is 32.3 Å². The lowest BCUT2D eigenvalue weighted by molar-refractivity contribution is -0.123. The Kier molecular flexibility index (Phi) is 3.40. The number of aromatic nitrogens is 3. The molecule has 0 unspecified atom stereocenters. The van der Waals surface area contributed by atoms with Crippen LogP contribution in [0.15, 0.2) is 6.33 Å². The Hall–Kier alpha value is -1.95. The lowest BCUT2D eigenvalue weighted by Gasteiger charge is -2.21. The van der Waals surface area contributed by atoms with Gasteiger partial charge in [-0.25, -0.2) is 9.97 Å². The third kappa shape index (κ3) is 2.27. The Morgan fingerprint density at radius 2 is 2.30 bits per heavy atom. The average molecular weight is 274 g/mol. The zero-order chi connectivity index (χ0) is 14.1. The minimum Gasteiger partial charge on any atom is -0.381 e. The highest BCUT2D eigenvalue weighted by molar-refractivity contribution is 6.01. The van der Waals surface area contributed by atoms with Gasteiger partial charge in [-0.3, -0.25) is 4.79 Å². The molecule has 0 aromatic carbocycles. The van der Waals surface area contributed by atoms with Gasteiger partial charge in [-0.2, -0.15) is 0 Å². The van der Waals surface area contributed by atoms with Crippen molar-refractivity contribution in [3.05, 3.63) is 17.6 Å². The smallest absolute Gasteiger partial charge is 0.230 e. The molecule has 1 saturated heterocycles. The fraction of sp³-hybridized carbons (Fsp3) is 0.500. The zero-order valence-electron chi connectivity index (χ0n) is 11.7. The van der Waals surface area contributed by atoms with E-state index in [2.05, 4.69) is 20.3 Å². The molecule has 6 nitrogen and oxygen atoms in total. The highest BCUT2D eigenvalue weighted by Gasteiger charge is 2.23. The normalized spacial score (nSPS) is 19.2. The van der Waals surface area contributed by atoms with Crippen LogP contribution in [0, 0.1) is 19.8 Å². The first-order valence-corrected chi connectivity index (χ1v) is 6.85. The second-order valence-corrected chi connectivity index (χ2v) is 5.22. The monoisotopic (exact) mass is 274 g/mol. The molecule has 2 aromatic rings. The molecule has 3 heterocycles. The number of nitrogens with one attached hydrogen (secondary N) is 2. The highest BCUT2D eigenvalue weighted by Crippen LogP contribution is 2.26. The summed E-state index contributed by atoms with van der Waals surface area (Å²) in [6, 6.07) is 0. The molecule has 1 aliphatic rings. The van der Waals surface area contributed by atoms with Crippen molar-refractivity contribution in [2.75, 3.05) is 18.5 Å². The van der Waals surface area contributed by atoms with E-state index in [0.29, 0.717) is 12.4 Å². The number of aryl methyl sites for hydroxylation is 2. The molecular weight excluding hydrogens is 256 g/mol. The van der Waals surface area contributed by atoms with Crippen molar-refractivity contribution in [1.29, 1.82) is 0 Å². The third-order valence-electron chi connectivity index (χ3n) is 3.86. The first kappa shape index (κ1) is 13.1. The van der Waals surface area contributed by atoms with Crippen LogP contribution in [0.5, 0.6) is 0 Å². The Morgan fingerprint density at radius 1 is 1.45 bits per heavy atom. The molecule has 20 heavy (non-hydrogen) atoms. The molecule has 1 aliphatic heterocycles. The minimum absolute atomic E-state index is 0.0250. The summed E-state index contributed by atoms with van der Waals surface area (Å²) in [5.41, 5.74) is 2.86. The molecule has 2 N–H and O–H groups in total. The number of amides is 1. The second kappa shape index (κ2) is 5.20. The van der Waals surface area contributed by atoms with Crippen LogP contribution in [0.2, 0.25) is 0 Å². The van der Waals surface area contributed by atoms with Gasteiger partial charge in [0.2, 0.25) is 5.91 Å². The summed E-state index contributed by atoms with van der Waals surface area (Å²) in [4.78, 5) is 23.9. The van der Waals surface area contributed by atoms with E-state index in [0.717, 1.165) is 41.7 Å². The first-order chi connectivity index (χ1) is 9.66.